The van der Waals surface area contributed by atoms with Crippen molar-refractivity contribution in [1.82, 2.24) is 0 Å². The Morgan fingerprint density at radius 2 is 2.00 bits per heavy atom. The van der Waals surface area contributed by atoms with Crippen molar-refractivity contribution in [3.8, 4) is 0 Å². The molecule has 0 aliphatic heterocycles. The summed E-state index contributed by atoms with van der Waals surface area (Å²) in [6.07, 6.45) is 0.526. The van der Waals surface area contributed by atoms with E-state index in [4.69, 9.17) is 5.73 Å². The smallest absolute Gasteiger partial charge is 0.214 e. The van der Waals surface area contributed by atoms with Gasteiger partial charge in [-0.25, -0.2) is 0 Å². The van der Waals surface area contributed by atoms with Crippen molar-refractivity contribution < 1.29 is 9.59 Å². The third-order valence-corrected chi connectivity index (χ3v) is 1.12. The van der Waals surface area contributed by atoms with Crippen LogP contribution >= 0.6 is 0 Å². The lowest BCUT2D eigenvalue weighted by molar-refractivity contribution is -0.136. The van der Waals surface area contributed by atoms with Gasteiger partial charge in [-0.05, 0) is 6.42 Å². The van der Waals surface area contributed by atoms with Crippen LogP contribution in [0, 0.1) is 0 Å². The summed E-state index contributed by atoms with van der Waals surface area (Å²) < 4.78 is 0. The number of rotatable bonds is 3. The van der Waals surface area contributed by atoms with E-state index in [1.807, 2.05) is 0 Å². The number of hydrogen-bond donors (Lipinski definition) is 1. The van der Waals surface area contributed by atoms with Crippen LogP contribution in [0.5, 0.6) is 0 Å². The number of ketones is 2. The number of carbonyl (C=O) groups is 2. The van der Waals surface area contributed by atoms with Crippen LogP contribution < -0.4 is 5.73 Å². The summed E-state index contributed by atoms with van der Waals surface area (Å²) in [5.41, 5.74) is 5.25. The van der Waals surface area contributed by atoms with Gasteiger partial charge in [-0.2, -0.15) is 0 Å². The second-order valence-electron chi connectivity index (χ2n) is 1.94. The van der Waals surface area contributed by atoms with Gasteiger partial charge in [0.1, 0.15) is 0 Å². The van der Waals surface area contributed by atoms with Crippen LogP contribution in [0.1, 0.15) is 20.3 Å². The second-order valence-corrected chi connectivity index (χ2v) is 1.94. The number of nitrogens with two attached hydrogens (primary N) is 1. The average molecular weight is 129 g/mol. The summed E-state index contributed by atoms with van der Waals surface area (Å²) in [5.74, 6) is -0.929. The molecule has 52 valence electrons. The minimum Gasteiger partial charge on any atom is -0.321 e. The Labute approximate surface area is 54.2 Å². The largest absolute Gasteiger partial charge is 0.321 e. The molecule has 0 saturated heterocycles. The van der Waals surface area contributed by atoms with Gasteiger partial charge in [-0.1, -0.05) is 6.92 Å². The van der Waals surface area contributed by atoms with Crippen molar-refractivity contribution >= 4 is 11.6 Å². The van der Waals surface area contributed by atoms with Gasteiger partial charge < -0.3 is 5.73 Å². The molecular weight excluding hydrogens is 118 g/mol. The van der Waals surface area contributed by atoms with Gasteiger partial charge >= 0.3 is 0 Å². The molecule has 1 unspecified atom stereocenters. The van der Waals surface area contributed by atoms with E-state index in [9.17, 15) is 9.59 Å². The minimum atomic E-state index is -0.595. The van der Waals surface area contributed by atoms with E-state index in [0.717, 1.165) is 0 Å². The maximum Gasteiger partial charge on any atom is 0.214 e. The maximum atomic E-state index is 10.6. The van der Waals surface area contributed by atoms with Crippen LogP contribution in [0.4, 0.5) is 0 Å². The van der Waals surface area contributed by atoms with Crippen molar-refractivity contribution in [2.45, 2.75) is 26.3 Å². The highest BCUT2D eigenvalue weighted by molar-refractivity contribution is 6.38. The molecule has 1 atom stereocenters. The van der Waals surface area contributed by atoms with Gasteiger partial charge in [0, 0.05) is 6.92 Å². The lowest BCUT2D eigenvalue weighted by atomic mass is 10.1. The van der Waals surface area contributed by atoms with E-state index in [2.05, 4.69) is 0 Å². The van der Waals surface area contributed by atoms with E-state index in [1.165, 1.54) is 6.92 Å². The molecule has 0 spiro atoms. The number of Topliss-reactive ketones (excluding diaryl/α,β-unsaturated/α-hetero) is 2. The predicted octanol–water partition coefficient (Wildman–Crippen LogP) is -0.118. The molecule has 3 nitrogen and oxygen atoms in total. The molecule has 0 fully saturated rings. The van der Waals surface area contributed by atoms with E-state index < -0.39 is 17.6 Å². The zero-order valence-electron chi connectivity index (χ0n) is 5.68. The Balaban J connectivity index is 3.88. The van der Waals surface area contributed by atoms with Crippen molar-refractivity contribution in [3.05, 3.63) is 0 Å². The second kappa shape index (κ2) is 3.35. The SMILES string of the molecule is CCC(N)C(=O)C(C)=O. The fourth-order valence-corrected chi connectivity index (χ4v) is 0.446. The fourth-order valence-electron chi connectivity index (χ4n) is 0.446. The van der Waals surface area contributed by atoms with Gasteiger partial charge in [-0.15, -0.1) is 0 Å². The van der Waals surface area contributed by atoms with Crippen LogP contribution in [0.3, 0.4) is 0 Å². The molecule has 2 N–H and O–H groups in total. The molecular formula is C6H11NO2. The lowest BCUT2D eigenvalue weighted by Crippen LogP contribution is -2.33. The van der Waals surface area contributed by atoms with Gasteiger partial charge in [0.05, 0.1) is 6.04 Å². The zero-order valence-corrected chi connectivity index (χ0v) is 5.68. The molecule has 0 radical (unpaired) electrons. The molecule has 3 heteroatoms. The van der Waals surface area contributed by atoms with Crippen LogP contribution in [-0.4, -0.2) is 17.6 Å². The summed E-state index contributed by atoms with van der Waals surface area (Å²) in [7, 11) is 0. The Morgan fingerprint density at radius 3 is 2.11 bits per heavy atom. The molecule has 0 rings (SSSR count). The van der Waals surface area contributed by atoms with E-state index >= 15 is 0 Å². The average Bonchev–Trinajstić information content (AvgIpc) is 1.84. The summed E-state index contributed by atoms with van der Waals surface area (Å²) in [4.78, 5) is 20.9. The Bertz CT molecular complexity index is 131. The summed E-state index contributed by atoms with van der Waals surface area (Å²) in [5, 5.41) is 0. The first-order chi connectivity index (χ1) is 4.09. The molecule has 0 amide bonds. The molecule has 0 bridgehead atoms. The first-order valence-corrected chi connectivity index (χ1v) is 2.90. The van der Waals surface area contributed by atoms with Crippen LogP contribution in [0.15, 0.2) is 0 Å². The molecule has 0 aromatic heterocycles. The first kappa shape index (κ1) is 8.30. The maximum absolute atomic E-state index is 10.6. The highest BCUT2D eigenvalue weighted by Crippen LogP contribution is 1.88. The van der Waals surface area contributed by atoms with Gasteiger partial charge in [0.25, 0.3) is 0 Å². The zero-order chi connectivity index (χ0) is 7.44. The quantitative estimate of drug-likeness (QED) is 0.540. The highest BCUT2D eigenvalue weighted by Gasteiger charge is 2.14. The Morgan fingerprint density at radius 1 is 1.56 bits per heavy atom. The third kappa shape index (κ3) is 2.37. The van der Waals surface area contributed by atoms with E-state index in [0.29, 0.717) is 6.42 Å². The van der Waals surface area contributed by atoms with Crippen molar-refractivity contribution in [2.24, 2.45) is 5.73 Å². The predicted molar refractivity (Wildman–Crippen MR) is 34.0 cm³/mol. The molecule has 0 aromatic carbocycles. The van der Waals surface area contributed by atoms with Gasteiger partial charge in [-0.3, -0.25) is 9.59 Å². The monoisotopic (exact) mass is 129 g/mol. The van der Waals surface area contributed by atoms with Crippen molar-refractivity contribution in [3.63, 3.8) is 0 Å². The fraction of sp³-hybridized carbons (Fsp3) is 0.667. The number of carbonyl (C=O) groups excluding carboxylic acids is 2. The van der Waals surface area contributed by atoms with E-state index in [1.54, 1.807) is 6.92 Å². The van der Waals surface area contributed by atoms with Crippen LogP contribution in [0.2, 0.25) is 0 Å². The summed E-state index contributed by atoms with van der Waals surface area (Å²) in [6, 6.07) is -0.595. The lowest BCUT2D eigenvalue weighted by Gasteiger charge is -2.01. The van der Waals surface area contributed by atoms with Gasteiger partial charge in [0.15, 0.2) is 5.78 Å². The first-order valence-electron chi connectivity index (χ1n) is 2.90. The Kier molecular flexibility index (Phi) is 3.09. The molecule has 0 aromatic rings. The molecule has 0 aliphatic rings. The van der Waals surface area contributed by atoms with Crippen LogP contribution in [0.25, 0.3) is 0 Å². The van der Waals surface area contributed by atoms with Crippen LogP contribution in [-0.2, 0) is 9.59 Å². The normalized spacial score (nSPS) is 12.8. The van der Waals surface area contributed by atoms with Gasteiger partial charge in [0.2, 0.25) is 5.78 Å². The Hall–Kier alpha value is -0.700. The molecule has 0 heterocycles. The summed E-state index contributed by atoms with van der Waals surface area (Å²) >= 11 is 0. The molecule has 9 heavy (non-hydrogen) atoms. The van der Waals surface area contributed by atoms with E-state index in [-0.39, 0.29) is 0 Å². The standard InChI is InChI=1S/C6H11NO2/c1-3-5(7)6(9)4(2)8/h5H,3,7H2,1-2H3. The summed E-state index contributed by atoms with van der Waals surface area (Å²) in [6.45, 7) is 3.00. The minimum absolute atomic E-state index is 0.454. The van der Waals surface area contributed by atoms with Crippen molar-refractivity contribution in [2.75, 3.05) is 0 Å². The molecule has 0 saturated carbocycles. The molecule has 0 aliphatic carbocycles. The third-order valence-electron chi connectivity index (χ3n) is 1.12. The topological polar surface area (TPSA) is 60.2 Å². The highest BCUT2D eigenvalue weighted by atomic mass is 16.2. The number of hydrogen-bond acceptors (Lipinski definition) is 3. The van der Waals surface area contributed by atoms with Crippen molar-refractivity contribution in [1.29, 1.82) is 0 Å².